The van der Waals surface area contributed by atoms with Crippen LogP contribution in [0.4, 0.5) is 0 Å². The zero-order chi connectivity index (χ0) is 26.4. The van der Waals surface area contributed by atoms with Gasteiger partial charge in [-0.2, -0.15) is 0 Å². The normalized spacial score (nSPS) is 17.2. The highest BCUT2D eigenvalue weighted by molar-refractivity contribution is 6.46. The molecule has 0 radical (unpaired) electrons. The van der Waals surface area contributed by atoms with Gasteiger partial charge in [-0.05, 0) is 76.1 Å². The van der Waals surface area contributed by atoms with Crippen molar-refractivity contribution in [2.24, 2.45) is 0 Å². The van der Waals surface area contributed by atoms with Crippen LogP contribution in [0.2, 0.25) is 0 Å². The summed E-state index contributed by atoms with van der Waals surface area (Å²) in [6.07, 6.45) is 0.597. The Morgan fingerprint density at radius 1 is 0.944 bits per heavy atom. The Labute approximate surface area is 212 Å². The van der Waals surface area contributed by atoms with Gasteiger partial charge in [-0.1, -0.05) is 6.07 Å². The summed E-state index contributed by atoms with van der Waals surface area (Å²) < 4.78 is 22.1. The number of ketones is 1. The first kappa shape index (κ1) is 27.1. The van der Waals surface area contributed by atoms with Crippen molar-refractivity contribution < 1.29 is 33.6 Å². The maximum absolute atomic E-state index is 13.2. The molecule has 1 unspecified atom stereocenters. The molecular formula is C28H35NO7. The van der Waals surface area contributed by atoms with E-state index in [1.165, 1.54) is 19.1 Å². The van der Waals surface area contributed by atoms with Crippen molar-refractivity contribution in [3.63, 3.8) is 0 Å². The van der Waals surface area contributed by atoms with Crippen LogP contribution in [0.15, 0.2) is 48.0 Å². The predicted octanol–water partition coefficient (Wildman–Crippen LogP) is 4.73. The molecule has 1 aliphatic heterocycles. The number of carbonyl (C=O) groups excluding carboxylic acids is 2. The average molecular weight is 498 g/mol. The van der Waals surface area contributed by atoms with Gasteiger partial charge in [0.05, 0.1) is 38.0 Å². The number of hydrogen-bond acceptors (Lipinski definition) is 7. The van der Waals surface area contributed by atoms with Crippen molar-refractivity contribution in [2.45, 2.75) is 52.4 Å². The fourth-order valence-corrected chi connectivity index (χ4v) is 4.15. The first-order chi connectivity index (χ1) is 17.2. The molecule has 1 aliphatic rings. The van der Waals surface area contributed by atoms with E-state index in [0.717, 1.165) is 0 Å². The van der Waals surface area contributed by atoms with Gasteiger partial charge < -0.3 is 29.0 Å². The fraction of sp³-hybridized carbons (Fsp3) is 0.429. The molecule has 8 nitrogen and oxygen atoms in total. The lowest BCUT2D eigenvalue weighted by molar-refractivity contribution is -0.140. The van der Waals surface area contributed by atoms with Gasteiger partial charge in [0.15, 0.2) is 11.5 Å². The monoisotopic (exact) mass is 497 g/mol. The van der Waals surface area contributed by atoms with Crippen molar-refractivity contribution in [1.29, 1.82) is 0 Å². The third kappa shape index (κ3) is 5.99. The van der Waals surface area contributed by atoms with Gasteiger partial charge in [-0.15, -0.1) is 0 Å². The van der Waals surface area contributed by atoms with Crippen LogP contribution in [0.1, 0.15) is 51.3 Å². The Kier molecular flexibility index (Phi) is 8.98. The second-order valence-electron chi connectivity index (χ2n) is 9.07. The van der Waals surface area contributed by atoms with E-state index >= 15 is 0 Å². The first-order valence-electron chi connectivity index (χ1n) is 12.1. The van der Waals surface area contributed by atoms with Crippen LogP contribution in [0.5, 0.6) is 17.2 Å². The van der Waals surface area contributed by atoms with Gasteiger partial charge in [-0.25, -0.2) is 0 Å². The summed E-state index contributed by atoms with van der Waals surface area (Å²) in [6.45, 7) is 8.45. The molecule has 0 aliphatic carbocycles. The Balaban J connectivity index is 2.06. The average Bonchev–Trinajstić information content (AvgIpc) is 3.10. The number of methoxy groups -OCH3 is 2. The van der Waals surface area contributed by atoms with Crippen LogP contribution in [0.3, 0.4) is 0 Å². The standard InChI is InChI=1S/C28H35NO7/c1-17(2)35-15-7-14-29-25(20-10-13-22(33-5)23(16-20)34-6)24(27(31)28(29)32)26(30)19-8-11-21(12-9-19)36-18(3)4/h8-13,16-18,25,30H,7,14-15H2,1-6H3/b26-24-. The molecule has 194 valence electrons. The minimum Gasteiger partial charge on any atom is -0.507 e. The van der Waals surface area contributed by atoms with E-state index in [4.69, 9.17) is 18.9 Å². The molecule has 0 bridgehead atoms. The second-order valence-corrected chi connectivity index (χ2v) is 9.07. The number of benzene rings is 2. The number of Topliss-reactive ketones (excluding diaryl/α,β-unsaturated/α-hetero) is 1. The zero-order valence-electron chi connectivity index (χ0n) is 21.7. The molecule has 0 aromatic heterocycles. The minimum absolute atomic E-state index is 0.000464. The number of ether oxygens (including phenoxy) is 4. The number of aliphatic hydroxyl groups excluding tert-OH is 1. The third-order valence-corrected chi connectivity index (χ3v) is 5.76. The fourth-order valence-electron chi connectivity index (χ4n) is 4.15. The van der Waals surface area contributed by atoms with E-state index in [-0.39, 0.29) is 30.1 Å². The second kappa shape index (κ2) is 11.9. The largest absolute Gasteiger partial charge is 0.507 e. The van der Waals surface area contributed by atoms with Gasteiger partial charge in [-0.3, -0.25) is 9.59 Å². The highest BCUT2D eigenvalue weighted by Crippen LogP contribution is 2.42. The molecule has 0 spiro atoms. The number of rotatable bonds is 11. The van der Waals surface area contributed by atoms with E-state index in [2.05, 4.69) is 0 Å². The molecule has 36 heavy (non-hydrogen) atoms. The van der Waals surface area contributed by atoms with Gasteiger partial charge in [0.2, 0.25) is 0 Å². The zero-order valence-corrected chi connectivity index (χ0v) is 21.7. The highest BCUT2D eigenvalue weighted by atomic mass is 16.5. The van der Waals surface area contributed by atoms with E-state index in [1.54, 1.807) is 42.5 Å². The first-order valence-corrected chi connectivity index (χ1v) is 12.1. The SMILES string of the molecule is COc1ccc(C2/C(=C(/O)c3ccc(OC(C)C)cc3)C(=O)C(=O)N2CCCOC(C)C)cc1OC. The van der Waals surface area contributed by atoms with Crippen LogP contribution < -0.4 is 14.2 Å². The number of carbonyl (C=O) groups is 2. The molecule has 2 aromatic carbocycles. The topological polar surface area (TPSA) is 94.5 Å². The predicted molar refractivity (Wildman–Crippen MR) is 136 cm³/mol. The molecule has 1 N–H and O–H groups in total. The van der Waals surface area contributed by atoms with Crippen molar-refractivity contribution in [3.05, 3.63) is 59.2 Å². The summed E-state index contributed by atoms with van der Waals surface area (Å²) in [5.74, 6) is -0.0304. The molecular weight excluding hydrogens is 462 g/mol. The van der Waals surface area contributed by atoms with E-state index in [1.807, 2.05) is 27.7 Å². The van der Waals surface area contributed by atoms with Gasteiger partial charge in [0.25, 0.3) is 11.7 Å². The van der Waals surface area contributed by atoms with Crippen LogP contribution in [0, 0.1) is 0 Å². The summed E-state index contributed by atoms with van der Waals surface area (Å²) in [6, 6.07) is 11.2. The summed E-state index contributed by atoms with van der Waals surface area (Å²) in [5, 5.41) is 11.3. The molecule has 1 heterocycles. The third-order valence-electron chi connectivity index (χ3n) is 5.76. The van der Waals surface area contributed by atoms with Crippen molar-refractivity contribution in [1.82, 2.24) is 4.90 Å². The molecule has 1 saturated heterocycles. The summed E-state index contributed by atoms with van der Waals surface area (Å²) in [7, 11) is 3.05. The molecule has 1 amide bonds. The maximum atomic E-state index is 13.2. The van der Waals surface area contributed by atoms with E-state index in [0.29, 0.717) is 41.4 Å². The van der Waals surface area contributed by atoms with Crippen molar-refractivity contribution in [3.8, 4) is 17.2 Å². The Morgan fingerprint density at radius 2 is 1.61 bits per heavy atom. The smallest absolute Gasteiger partial charge is 0.295 e. The Hall–Kier alpha value is -3.52. The lowest BCUT2D eigenvalue weighted by Crippen LogP contribution is -2.31. The number of nitrogens with zero attached hydrogens (tertiary/aromatic N) is 1. The molecule has 1 atom stereocenters. The number of likely N-dealkylation sites (tertiary alicyclic amines) is 1. The molecule has 3 rings (SSSR count). The maximum Gasteiger partial charge on any atom is 0.295 e. The molecule has 0 saturated carbocycles. The molecule has 2 aromatic rings. The van der Waals surface area contributed by atoms with Gasteiger partial charge in [0.1, 0.15) is 11.5 Å². The molecule has 1 fully saturated rings. The Morgan fingerprint density at radius 3 is 2.19 bits per heavy atom. The van der Waals surface area contributed by atoms with Gasteiger partial charge >= 0.3 is 0 Å². The number of amides is 1. The highest BCUT2D eigenvalue weighted by Gasteiger charge is 2.46. The summed E-state index contributed by atoms with van der Waals surface area (Å²) >= 11 is 0. The van der Waals surface area contributed by atoms with Crippen LogP contribution >= 0.6 is 0 Å². The van der Waals surface area contributed by atoms with E-state index < -0.39 is 17.7 Å². The van der Waals surface area contributed by atoms with Crippen LogP contribution in [-0.2, 0) is 14.3 Å². The summed E-state index contributed by atoms with van der Waals surface area (Å²) in [4.78, 5) is 27.8. The number of aliphatic hydroxyl groups is 1. The number of hydrogen-bond donors (Lipinski definition) is 1. The Bertz CT molecular complexity index is 1110. The summed E-state index contributed by atoms with van der Waals surface area (Å²) in [5.41, 5.74) is 1.06. The lowest BCUT2D eigenvalue weighted by Gasteiger charge is -2.26. The quantitative estimate of drug-likeness (QED) is 0.208. The van der Waals surface area contributed by atoms with Crippen molar-refractivity contribution in [2.75, 3.05) is 27.4 Å². The van der Waals surface area contributed by atoms with Crippen LogP contribution in [-0.4, -0.2) is 61.3 Å². The van der Waals surface area contributed by atoms with Gasteiger partial charge in [0, 0.05) is 18.7 Å². The van der Waals surface area contributed by atoms with Crippen LogP contribution in [0.25, 0.3) is 5.76 Å². The lowest BCUT2D eigenvalue weighted by atomic mass is 9.95. The molecule has 8 heteroatoms. The van der Waals surface area contributed by atoms with Crippen molar-refractivity contribution >= 4 is 17.4 Å². The minimum atomic E-state index is -0.796. The van der Waals surface area contributed by atoms with E-state index in [9.17, 15) is 14.7 Å².